The molecule has 0 saturated carbocycles. The molecule has 0 saturated heterocycles. The predicted molar refractivity (Wildman–Crippen MR) is 122 cm³/mol. The molecule has 0 aliphatic heterocycles. The summed E-state index contributed by atoms with van der Waals surface area (Å²) in [5.41, 5.74) is 3.98. The highest BCUT2D eigenvalue weighted by Crippen LogP contribution is 2.30. The fourth-order valence-corrected chi connectivity index (χ4v) is 3.86. The number of pyridine rings is 1. The number of ether oxygens (including phenoxy) is 2. The summed E-state index contributed by atoms with van der Waals surface area (Å²) in [5.74, 6) is 1.00. The van der Waals surface area contributed by atoms with Crippen molar-refractivity contribution in [1.82, 2.24) is 40.4 Å². The SMILES string of the molecule is CCCn1nc(C(CC)(OC)OC)nc1Cc1ccc(-c2ccncc2-c2nn[nH]n2)cc1. The van der Waals surface area contributed by atoms with Crippen molar-refractivity contribution < 1.29 is 9.47 Å². The molecule has 0 fully saturated rings. The van der Waals surface area contributed by atoms with Crippen LogP contribution in [-0.2, 0) is 28.2 Å². The van der Waals surface area contributed by atoms with Gasteiger partial charge in [-0.25, -0.2) is 9.67 Å². The second kappa shape index (κ2) is 9.97. The zero-order valence-electron chi connectivity index (χ0n) is 19.3. The summed E-state index contributed by atoms with van der Waals surface area (Å²) in [7, 11) is 3.24. The first-order valence-electron chi connectivity index (χ1n) is 11.0. The molecule has 33 heavy (non-hydrogen) atoms. The molecule has 10 nitrogen and oxygen atoms in total. The molecule has 172 valence electrons. The molecule has 3 heterocycles. The van der Waals surface area contributed by atoms with E-state index in [1.165, 1.54) is 0 Å². The molecule has 0 radical (unpaired) electrons. The fourth-order valence-electron chi connectivity index (χ4n) is 3.86. The van der Waals surface area contributed by atoms with Gasteiger partial charge in [0.05, 0.1) is 0 Å². The highest BCUT2D eigenvalue weighted by Gasteiger charge is 2.35. The third-order valence-corrected chi connectivity index (χ3v) is 5.68. The maximum absolute atomic E-state index is 5.64. The average Bonchev–Trinajstić information content (AvgIpc) is 3.53. The number of nitrogens with zero attached hydrogens (tertiary/aromatic N) is 7. The fraction of sp³-hybridized carbons (Fsp3) is 0.391. The molecule has 0 aliphatic rings. The van der Waals surface area contributed by atoms with Crippen molar-refractivity contribution in [2.75, 3.05) is 14.2 Å². The summed E-state index contributed by atoms with van der Waals surface area (Å²) < 4.78 is 13.2. The van der Waals surface area contributed by atoms with Crippen LogP contribution in [0.2, 0.25) is 0 Å². The Bertz CT molecular complexity index is 1160. The first kappa shape index (κ1) is 22.7. The van der Waals surface area contributed by atoms with Gasteiger partial charge in [-0.05, 0) is 34.4 Å². The molecule has 0 spiro atoms. The Morgan fingerprint density at radius 3 is 2.45 bits per heavy atom. The number of methoxy groups -OCH3 is 2. The van der Waals surface area contributed by atoms with Crippen molar-refractivity contribution in [2.24, 2.45) is 0 Å². The van der Waals surface area contributed by atoms with Crippen LogP contribution in [0.1, 0.15) is 43.9 Å². The van der Waals surface area contributed by atoms with E-state index in [1.807, 2.05) is 17.7 Å². The summed E-state index contributed by atoms with van der Waals surface area (Å²) in [6.45, 7) is 4.89. The second-order valence-electron chi connectivity index (χ2n) is 7.62. The van der Waals surface area contributed by atoms with E-state index in [0.29, 0.717) is 24.5 Å². The number of H-pyrrole nitrogens is 1. The number of hydrogen-bond donors (Lipinski definition) is 1. The van der Waals surface area contributed by atoms with Crippen molar-refractivity contribution in [3.8, 4) is 22.5 Å². The van der Waals surface area contributed by atoms with Gasteiger partial charge in [0, 0.05) is 51.6 Å². The van der Waals surface area contributed by atoms with Crippen LogP contribution in [0.3, 0.4) is 0 Å². The van der Waals surface area contributed by atoms with Crippen LogP contribution in [0.15, 0.2) is 42.7 Å². The van der Waals surface area contributed by atoms with Crippen molar-refractivity contribution >= 4 is 0 Å². The van der Waals surface area contributed by atoms with E-state index in [0.717, 1.165) is 41.0 Å². The standard InChI is InChI=1S/C23H28N8O2/c1-5-13-31-20(25-22(28-31)23(6-2,32-3)33-4)14-16-7-9-17(10-8-16)18-11-12-24-15-19(18)21-26-29-30-27-21/h7-12,15H,5-6,13-14H2,1-4H3,(H,26,27,29,30). The lowest BCUT2D eigenvalue weighted by atomic mass is 9.99. The Morgan fingerprint density at radius 2 is 1.82 bits per heavy atom. The normalized spacial score (nSPS) is 11.8. The number of hydrogen-bond acceptors (Lipinski definition) is 8. The number of tetrazole rings is 1. The van der Waals surface area contributed by atoms with E-state index in [4.69, 9.17) is 19.6 Å². The van der Waals surface area contributed by atoms with Gasteiger partial charge >= 0.3 is 0 Å². The van der Waals surface area contributed by atoms with Crippen LogP contribution in [0.5, 0.6) is 0 Å². The quantitative estimate of drug-likeness (QED) is 0.367. The molecule has 0 aliphatic carbocycles. The molecule has 3 aromatic heterocycles. The maximum Gasteiger partial charge on any atom is 0.231 e. The van der Waals surface area contributed by atoms with Gasteiger partial charge in [0.2, 0.25) is 17.4 Å². The lowest BCUT2D eigenvalue weighted by Crippen LogP contribution is -2.31. The van der Waals surface area contributed by atoms with Crippen LogP contribution >= 0.6 is 0 Å². The Labute approximate surface area is 192 Å². The molecular formula is C23H28N8O2. The monoisotopic (exact) mass is 448 g/mol. The van der Waals surface area contributed by atoms with E-state index in [2.05, 4.69) is 56.8 Å². The number of aromatic amines is 1. The topological polar surface area (TPSA) is 117 Å². The minimum absolute atomic E-state index is 0.512. The van der Waals surface area contributed by atoms with Crippen LogP contribution in [0.4, 0.5) is 0 Å². The Morgan fingerprint density at radius 1 is 1.03 bits per heavy atom. The van der Waals surface area contributed by atoms with Gasteiger partial charge in [-0.3, -0.25) is 4.98 Å². The van der Waals surface area contributed by atoms with Crippen molar-refractivity contribution in [3.05, 3.63) is 59.9 Å². The minimum atomic E-state index is -0.940. The number of rotatable bonds is 10. The minimum Gasteiger partial charge on any atom is -0.347 e. The summed E-state index contributed by atoms with van der Waals surface area (Å²) in [4.78, 5) is 9.01. The van der Waals surface area contributed by atoms with Crippen LogP contribution in [-0.4, -0.2) is 54.6 Å². The molecule has 0 bridgehead atoms. The molecule has 0 unspecified atom stereocenters. The van der Waals surface area contributed by atoms with Gasteiger partial charge in [-0.2, -0.15) is 10.3 Å². The zero-order valence-corrected chi connectivity index (χ0v) is 19.3. The number of aryl methyl sites for hydroxylation is 1. The van der Waals surface area contributed by atoms with E-state index in [1.54, 1.807) is 26.6 Å². The Balaban J connectivity index is 1.62. The molecule has 1 N–H and O–H groups in total. The molecule has 10 heteroatoms. The molecule has 0 amide bonds. The second-order valence-corrected chi connectivity index (χ2v) is 7.62. The van der Waals surface area contributed by atoms with Gasteiger partial charge in [0.15, 0.2) is 0 Å². The van der Waals surface area contributed by atoms with Gasteiger partial charge in [-0.1, -0.05) is 38.1 Å². The highest BCUT2D eigenvalue weighted by atomic mass is 16.7. The first-order chi connectivity index (χ1) is 16.1. The Hall–Kier alpha value is -3.50. The summed E-state index contributed by atoms with van der Waals surface area (Å²) in [5, 5.41) is 19.0. The van der Waals surface area contributed by atoms with Crippen LogP contribution in [0, 0.1) is 0 Å². The average molecular weight is 449 g/mol. The molecular weight excluding hydrogens is 420 g/mol. The van der Waals surface area contributed by atoms with Crippen molar-refractivity contribution in [2.45, 2.75) is 45.4 Å². The lowest BCUT2D eigenvalue weighted by Gasteiger charge is -2.26. The van der Waals surface area contributed by atoms with Gasteiger partial charge < -0.3 is 9.47 Å². The molecule has 1 aromatic carbocycles. The lowest BCUT2D eigenvalue weighted by molar-refractivity contribution is -0.222. The molecule has 4 aromatic rings. The zero-order chi connectivity index (χ0) is 23.3. The summed E-state index contributed by atoms with van der Waals surface area (Å²) in [6.07, 6.45) is 5.71. The third-order valence-electron chi connectivity index (χ3n) is 5.68. The molecule has 0 atom stereocenters. The third kappa shape index (κ3) is 4.53. The number of aromatic nitrogens is 8. The summed E-state index contributed by atoms with van der Waals surface area (Å²) >= 11 is 0. The first-order valence-corrected chi connectivity index (χ1v) is 11.0. The molecule has 4 rings (SSSR count). The van der Waals surface area contributed by atoms with Gasteiger partial charge in [0.1, 0.15) is 5.82 Å². The predicted octanol–water partition coefficient (Wildman–Crippen LogP) is 3.38. The number of benzene rings is 1. The maximum atomic E-state index is 5.64. The van der Waals surface area contributed by atoms with E-state index < -0.39 is 5.79 Å². The number of nitrogens with one attached hydrogen (secondary N) is 1. The highest BCUT2D eigenvalue weighted by molar-refractivity contribution is 5.79. The van der Waals surface area contributed by atoms with Gasteiger partial charge in [0.25, 0.3) is 0 Å². The van der Waals surface area contributed by atoms with Gasteiger partial charge in [-0.15, -0.1) is 10.2 Å². The Kier molecular flexibility index (Phi) is 6.85. The van der Waals surface area contributed by atoms with Crippen molar-refractivity contribution in [1.29, 1.82) is 0 Å². The van der Waals surface area contributed by atoms with Crippen LogP contribution < -0.4 is 0 Å². The van der Waals surface area contributed by atoms with Crippen molar-refractivity contribution in [3.63, 3.8) is 0 Å². The van der Waals surface area contributed by atoms with E-state index in [9.17, 15) is 0 Å². The largest absolute Gasteiger partial charge is 0.347 e. The summed E-state index contributed by atoms with van der Waals surface area (Å²) in [6, 6.07) is 10.3. The smallest absolute Gasteiger partial charge is 0.231 e. The van der Waals surface area contributed by atoms with E-state index in [-0.39, 0.29) is 0 Å². The van der Waals surface area contributed by atoms with Crippen LogP contribution in [0.25, 0.3) is 22.5 Å². The van der Waals surface area contributed by atoms with E-state index >= 15 is 0 Å².